The zero-order chi connectivity index (χ0) is 7.02. The molecule has 0 saturated carbocycles. The molecular formula is C7H16NP. The first-order valence-corrected chi connectivity index (χ1v) is 4.16. The summed E-state index contributed by atoms with van der Waals surface area (Å²) in [6.45, 7) is 8.19. The molecule has 0 aromatic heterocycles. The lowest BCUT2D eigenvalue weighted by Crippen LogP contribution is -2.18. The van der Waals surface area contributed by atoms with Gasteiger partial charge in [-0.25, -0.2) is 0 Å². The van der Waals surface area contributed by atoms with E-state index in [2.05, 4.69) is 34.8 Å². The van der Waals surface area contributed by atoms with Gasteiger partial charge in [-0.2, -0.15) is 0 Å². The van der Waals surface area contributed by atoms with Crippen molar-refractivity contribution in [3.63, 3.8) is 0 Å². The third-order valence-electron chi connectivity index (χ3n) is 2.68. The SMILES string of the molecule is C[C@@H]1[C@@H](C)N(P)C[C@@H]1C. The predicted octanol–water partition coefficient (Wildman–Crippen LogP) is 1.75. The van der Waals surface area contributed by atoms with Crippen molar-refractivity contribution in [2.24, 2.45) is 11.8 Å². The molecule has 0 aliphatic carbocycles. The normalized spacial score (nSPS) is 46.0. The highest BCUT2D eigenvalue weighted by atomic mass is 31.0. The van der Waals surface area contributed by atoms with Crippen LogP contribution in [0.2, 0.25) is 0 Å². The van der Waals surface area contributed by atoms with E-state index in [0.717, 1.165) is 17.9 Å². The van der Waals surface area contributed by atoms with Crippen LogP contribution in [-0.2, 0) is 0 Å². The molecular weight excluding hydrogens is 129 g/mol. The minimum atomic E-state index is 0.755. The van der Waals surface area contributed by atoms with Gasteiger partial charge in [0.1, 0.15) is 0 Å². The summed E-state index contributed by atoms with van der Waals surface area (Å²) in [6.07, 6.45) is 0. The van der Waals surface area contributed by atoms with Gasteiger partial charge in [0.25, 0.3) is 0 Å². The molecule has 0 aromatic carbocycles. The Morgan fingerprint density at radius 1 is 1.33 bits per heavy atom. The predicted molar refractivity (Wildman–Crippen MR) is 44.2 cm³/mol. The zero-order valence-corrected chi connectivity index (χ0v) is 7.62. The van der Waals surface area contributed by atoms with Crippen molar-refractivity contribution in [2.45, 2.75) is 26.8 Å². The smallest absolute Gasteiger partial charge is 0.0130 e. The summed E-state index contributed by atoms with van der Waals surface area (Å²) >= 11 is 0. The van der Waals surface area contributed by atoms with Gasteiger partial charge in [0, 0.05) is 12.6 Å². The standard InChI is InChI=1S/C7H16NP/c1-5-4-8(9)7(3)6(5)2/h5-7H,4,9H2,1-3H3/t5-,6-,7+/m0/s1. The molecule has 1 unspecified atom stereocenters. The van der Waals surface area contributed by atoms with Gasteiger partial charge < -0.3 is 0 Å². The largest absolute Gasteiger partial charge is 0.284 e. The fourth-order valence-corrected chi connectivity index (χ4v) is 2.05. The first kappa shape index (κ1) is 7.50. The Labute approximate surface area is 60.1 Å². The molecule has 9 heavy (non-hydrogen) atoms. The van der Waals surface area contributed by atoms with E-state index in [4.69, 9.17) is 0 Å². The second kappa shape index (κ2) is 2.56. The highest BCUT2D eigenvalue weighted by Gasteiger charge is 2.30. The van der Waals surface area contributed by atoms with Crippen LogP contribution < -0.4 is 0 Å². The third kappa shape index (κ3) is 1.28. The highest BCUT2D eigenvalue weighted by molar-refractivity contribution is 7.13. The molecule has 0 N–H and O–H groups in total. The number of hydrogen-bond donors (Lipinski definition) is 0. The molecule has 0 radical (unpaired) electrons. The van der Waals surface area contributed by atoms with Gasteiger partial charge in [0.15, 0.2) is 0 Å². The topological polar surface area (TPSA) is 3.24 Å². The summed E-state index contributed by atoms with van der Waals surface area (Å²) in [5.74, 6) is 1.74. The average Bonchev–Trinajstić information content (AvgIpc) is 1.98. The van der Waals surface area contributed by atoms with E-state index < -0.39 is 0 Å². The van der Waals surface area contributed by atoms with Crippen molar-refractivity contribution in [1.82, 2.24) is 4.67 Å². The molecule has 1 rings (SSSR count). The summed E-state index contributed by atoms with van der Waals surface area (Å²) in [5.41, 5.74) is 0. The van der Waals surface area contributed by atoms with Gasteiger partial charge in [-0.1, -0.05) is 23.2 Å². The van der Waals surface area contributed by atoms with E-state index in [9.17, 15) is 0 Å². The van der Waals surface area contributed by atoms with Crippen molar-refractivity contribution in [3.8, 4) is 0 Å². The van der Waals surface area contributed by atoms with Gasteiger partial charge in [-0.3, -0.25) is 4.67 Å². The van der Waals surface area contributed by atoms with E-state index in [0.29, 0.717) is 0 Å². The lowest BCUT2D eigenvalue weighted by molar-refractivity contribution is 0.394. The fourth-order valence-electron chi connectivity index (χ4n) is 1.44. The first-order chi connectivity index (χ1) is 4.13. The Bertz CT molecular complexity index is 93.1. The molecule has 54 valence electrons. The maximum atomic E-state index is 2.79. The summed E-state index contributed by atoms with van der Waals surface area (Å²) in [4.78, 5) is 0. The van der Waals surface area contributed by atoms with E-state index in [1.165, 1.54) is 6.54 Å². The Morgan fingerprint density at radius 3 is 2.00 bits per heavy atom. The van der Waals surface area contributed by atoms with Crippen LogP contribution in [0.5, 0.6) is 0 Å². The van der Waals surface area contributed by atoms with Crippen LogP contribution >= 0.6 is 9.39 Å². The summed E-state index contributed by atoms with van der Waals surface area (Å²) in [6, 6.07) is 0.755. The zero-order valence-electron chi connectivity index (χ0n) is 6.46. The van der Waals surface area contributed by atoms with Crippen LogP contribution in [0.25, 0.3) is 0 Å². The van der Waals surface area contributed by atoms with Crippen molar-refractivity contribution < 1.29 is 0 Å². The summed E-state index contributed by atoms with van der Waals surface area (Å²) < 4.78 is 2.36. The number of nitrogens with zero attached hydrogens (tertiary/aromatic N) is 1. The molecule has 2 heteroatoms. The molecule has 0 spiro atoms. The number of rotatable bonds is 0. The van der Waals surface area contributed by atoms with E-state index in [-0.39, 0.29) is 0 Å². The monoisotopic (exact) mass is 145 g/mol. The average molecular weight is 145 g/mol. The molecule has 1 aliphatic heterocycles. The third-order valence-corrected chi connectivity index (χ3v) is 3.36. The molecule has 1 saturated heterocycles. The molecule has 1 nitrogen and oxygen atoms in total. The molecule has 1 fully saturated rings. The molecule has 1 heterocycles. The van der Waals surface area contributed by atoms with Crippen molar-refractivity contribution in [3.05, 3.63) is 0 Å². The number of hydrogen-bond acceptors (Lipinski definition) is 1. The van der Waals surface area contributed by atoms with Crippen molar-refractivity contribution in [2.75, 3.05) is 6.54 Å². The van der Waals surface area contributed by atoms with Crippen molar-refractivity contribution in [1.29, 1.82) is 0 Å². The van der Waals surface area contributed by atoms with Crippen LogP contribution in [0.4, 0.5) is 0 Å². The van der Waals surface area contributed by atoms with E-state index >= 15 is 0 Å². The minimum Gasteiger partial charge on any atom is -0.284 e. The second-order valence-electron chi connectivity index (χ2n) is 3.27. The maximum absolute atomic E-state index is 2.79. The van der Waals surface area contributed by atoms with Crippen LogP contribution in [0.1, 0.15) is 20.8 Å². The summed E-state index contributed by atoms with van der Waals surface area (Å²) in [5, 5.41) is 0. The maximum Gasteiger partial charge on any atom is 0.0130 e. The fraction of sp³-hybridized carbons (Fsp3) is 1.00. The van der Waals surface area contributed by atoms with Crippen LogP contribution in [0.15, 0.2) is 0 Å². The van der Waals surface area contributed by atoms with E-state index in [1.54, 1.807) is 0 Å². The van der Waals surface area contributed by atoms with Gasteiger partial charge >= 0.3 is 0 Å². The summed E-state index contributed by atoms with van der Waals surface area (Å²) in [7, 11) is 2.79. The van der Waals surface area contributed by atoms with Crippen LogP contribution in [0, 0.1) is 11.8 Å². The lowest BCUT2D eigenvalue weighted by Gasteiger charge is -2.16. The highest BCUT2D eigenvalue weighted by Crippen LogP contribution is 2.30. The van der Waals surface area contributed by atoms with Gasteiger partial charge in [0.2, 0.25) is 0 Å². The Morgan fingerprint density at radius 2 is 1.89 bits per heavy atom. The van der Waals surface area contributed by atoms with Gasteiger partial charge in [-0.15, -0.1) is 0 Å². The first-order valence-electron chi connectivity index (χ1n) is 3.64. The van der Waals surface area contributed by atoms with Crippen LogP contribution in [-0.4, -0.2) is 17.3 Å². The Balaban J connectivity index is 2.54. The molecule has 0 bridgehead atoms. The van der Waals surface area contributed by atoms with E-state index in [1.807, 2.05) is 0 Å². The molecule has 4 atom stereocenters. The Hall–Kier alpha value is 0.390. The molecule has 1 aliphatic rings. The van der Waals surface area contributed by atoms with Crippen molar-refractivity contribution >= 4 is 9.39 Å². The minimum absolute atomic E-state index is 0.755. The molecule has 0 aromatic rings. The lowest BCUT2D eigenvalue weighted by atomic mass is 9.95. The quantitative estimate of drug-likeness (QED) is 0.469. The van der Waals surface area contributed by atoms with Crippen LogP contribution in [0.3, 0.4) is 0 Å². The molecule has 0 amide bonds. The Kier molecular flexibility index (Phi) is 2.13. The van der Waals surface area contributed by atoms with Gasteiger partial charge in [-0.05, 0) is 18.8 Å². The second-order valence-corrected chi connectivity index (χ2v) is 3.94. The van der Waals surface area contributed by atoms with Gasteiger partial charge in [0.05, 0.1) is 0 Å².